The lowest BCUT2D eigenvalue weighted by molar-refractivity contribution is 0.259. The zero-order chi connectivity index (χ0) is 16.9. The molecule has 0 aromatic heterocycles. The van der Waals surface area contributed by atoms with Crippen molar-refractivity contribution in [1.82, 2.24) is 0 Å². The molecule has 3 N–H and O–H groups in total. The highest BCUT2D eigenvalue weighted by Crippen LogP contribution is 2.22. The number of hydrogen-bond donors (Lipinski definition) is 2. The molecular weight excluding hydrogens is 320 g/mol. The van der Waals surface area contributed by atoms with Gasteiger partial charge in [0.25, 0.3) is 0 Å². The van der Waals surface area contributed by atoms with Crippen LogP contribution in [0.1, 0.15) is 6.92 Å². The Morgan fingerprint density at radius 2 is 1.61 bits per heavy atom. The Balaban J connectivity index is 2.12. The molecule has 0 unspecified atom stereocenters. The summed E-state index contributed by atoms with van der Waals surface area (Å²) in [6.45, 7) is 2.33. The van der Waals surface area contributed by atoms with Crippen molar-refractivity contribution in [3.05, 3.63) is 48.5 Å². The maximum absolute atomic E-state index is 12.2. The van der Waals surface area contributed by atoms with Gasteiger partial charge in [0.2, 0.25) is 0 Å². The molecule has 0 heterocycles. The van der Waals surface area contributed by atoms with Crippen LogP contribution in [0.3, 0.4) is 0 Å². The number of nitrogens with one attached hydrogen (secondary N) is 1. The second-order valence-corrected chi connectivity index (χ2v) is 6.00. The lowest BCUT2D eigenvalue weighted by Crippen LogP contribution is -2.19. The zero-order valence-electron chi connectivity index (χ0n) is 12.4. The van der Waals surface area contributed by atoms with Gasteiger partial charge in [-0.1, -0.05) is 0 Å². The number of carbonyl (C=O) groups is 1. The molecule has 0 aliphatic carbocycles. The van der Waals surface area contributed by atoms with E-state index in [-0.39, 0.29) is 10.6 Å². The van der Waals surface area contributed by atoms with Crippen molar-refractivity contribution in [2.45, 2.75) is 11.8 Å². The van der Waals surface area contributed by atoms with Crippen LogP contribution < -0.4 is 20.0 Å². The molecule has 2 aromatic carbocycles. The van der Waals surface area contributed by atoms with Crippen molar-refractivity contribution < 1.29 is 22.1 Å². The smallest absolute Gasteiger partial charge is 0.339 e. The van der Waals surface area contributed by atoms with Crippen LogP contribution >= 0.6 is 0 Å². The summed E-state index contributed by atoms with van der Waals surface area (Å²) in [6, 6.07) is 11.0. The fourth-order valence-electron chi connectivity index (χ4n) is 1.78. The van der Waals surface area contributed by atoms with Crippen molar-refractivity contribution in [3.8, 4) is 11.5 Å². The van der Waals surface area contributed by atoms with E-state index in [4.69, 9.17) is 14.7 Å². The summed E-state index contributed by atoms with van der Waals surface area (Å²) in [6.07, 6.45) is 0. The van der Waals surface area contributed by atoms with Crippen LogP contribution in [0.5, 0.6) is 11.5 Å². The fraction of sp³-hybridized carbons (Fsp3) is 0.133. The molecule has 0 atom stereocenters. The van der Waals surface area contributed by atoms with Crippen LogP contribution in [-0.4, -0.2) is 21.1 Å². The molecule has 0 radical (unpaired) electrons. The minimum absolute atomic E-state index is 0.0142. The molecule has 0 spiro atoms. The number of anilines is 1. The van der Waals surface area contributed by atoms with E-state index in [1.54, 1.807) is 12.1 Å². The maximum atomic E-state index is 12.2. The molecule has 0 aliphatic rings. The van der Waals surface area contributed by atoms with Gasteiger partial charge in [0.05, 0.1) is 6.61 Å². The van der Waals surface area contributed by atoms with E-state index in [1.807, 2.05) is 6.92 Å². The lowest BCUT2D eigenvalue weighted by atomic mass is 10.3. The molecule has 122 valence electrons. The summed E-state index contributed by atoms with van der Waals surface area (Å²) >= 11 is 0. The lowest BCUT2D eigenvalue weighted by Gasteiger charge is -2.09. The number of rotatable bonds is 6. The Hall–Kier alpha value is -2.74. The van der Waals surface area contributed by atoms with Gasteiger partial charge in [0.1, 0.15) is 16.4 Å². The summed E-state index contributed by atoms with van der Waals surface area (Å²) in [5.41, 5.74) is 5.42. The highest BCUT2D eigenvalue weighted by molar-refractivity contribution is 7.87. The Bertz CT molecular complexity index is 771. The molecule has 2 amide bonds. The molecule has 0 bridgehead atoms. The van der Waals surface area contributed by atoms with Crippen LogP contribution in [0.4, 0.5) is 10.5 Å². The Labute approximate surface area is 134 Å². The number of urea groups is 1. The van der Waals surface area contributed by atoms with Crippen LogP contribution in [0, 0.1) is 0 Å². The van der Waals surface area contributed by atoms with Crippen LogP contribution in [0.25, 0.3) is 0 Å². The van der Waals surface area contributed by atoms with Gasteiger partial charge in [-0.3, -0.25) is 0 Å². The third-order valence-electron chi connectivity index (χ3n) is 2.75. The molecule has 0 aliphatic heterocycles. The SMILES string of the molecule is CCOc1ccc(S(=O)(=O)Oc2ccc(NC(N)=O)cc2)cc1. The van der Waals surface area contributed by atoms with E-state index in [1.165, 1.54) is 36.4 Å². The first-order valence-electron chi connectivity index (χ1n) is 6.74. The topological polar surface area (TPSA) is 108 Å². The van der Waals surface area contributed by atoms with Crippen molar-refractivity contribution in [3.63, 3.8) is 0 Å². The number of primary amides is 1. The number of amides is 2. The van der Waals surface area contributed by atoms with Crippen molar-refractivity contribution in [1.29, 1.82) is 0 Å². The van der Waals surface area contributed by atoms with Crippen LogP contribution in [-0.2, 0) is 10.1 Å². The van der Waals surface area contributed by atoms with E-state index in [9.17, 15) is 13.2 Å². The summed E-state index contributed by atoms with van der Waals surface area (Å²) in [4.78, 5) is 10.7. The van der Waals surface area contributed by atoms with Crippen LogP contribution in [0.2, 0.25) is 0 Å². The van der Waals surface area contributed by atoms with Crippen LogP contribution in [0.15, 0.2) is 53.4 Å². The molecule has 8 heteroatoms. The summed E-state index contributed by atoms with van der Waals surface area (Å²) in [5.74, 6) is 0.697. The summed E-state index contributed by atoms with van der Waals surface area (Å²) in [5, 5.41) is 2.36. The third kappa shape index (κ3) is 4.62. The maximum Gasteiger partial charge on any atom is 0.339 e. The van der Waals surface area contributed by atoms with Gasteiger partial charge in [-0.15, -0.1) is 0 Å². The predicted octanol–water partition coefficient (Wildman–Crippen LogP) is 2.34. The monoisotopic (exact) mass is 336 g/mol. The first-order chi connectivity index (χ1) is 10.9. The molecule has 2 rings (SSSR count). The average Bonchev–Trinajstić information content (AvgIpc) is 2.49. The molecule has 0 fully saturated rings. The third-order valence-corrected chi connectivity index (χ3v) is 4.01. The van der Waals surface area contributed by atoms with Gasteiger partial charge < -0.3 is 20.0 Å². The van der Waals surface area contributed by atoms with Crippen molar-refractivity contribution in [2.24, 2.45) is 5.73 Å². The molecule has 0 saturated carbocycles. The Morgan fingerprint density at radius 1 is 1.04 bits per heavy atom. The highest BCUT2D eigenvalue weighted by atomic mass is 32.2. The number of benzene rings is 2. The predicted molar refractivity (Wildman–Crippen MR) is 85.1 cm³/mol. The molecule has 7 nitrogen and oxygen atoms in total. The highest BCUT2D eigenvalue weighted by Gasteiger charge is 2.16. The zero-order valence-corrected chi connectivity index (χ0v) is 13.2. The van der Waals surface area contributed by atoms with Gasteiger partial charge in [-0.05, 0) is 55.5 Å². The van der Waals surface area contributed by atoms with E-state index >= 15 is 0 Å². The van der Waals surface area contributed by atoms with Gasteiger partial charge in [-0.25, -0.2) is 4.79 Å². The largest absolute Gasteiger partial charge is 0.494 e. The number of ether oxygens (including phenoxy) is 1. The first-order valence-corrected chi connectivity index (χ1v) is 8.15. The molecule has 23 heavy (non-hydrogen) atoms. The summed E-state index contributed by atoms with van der Waals surface area (Å²) < 4.78 is 34.7. The first kappa shape index (κ1) is 16.6. The quantitative estimate of drug-likeness (QED) is 0.787. The normalized spacial score (nSPS) is 10.8. The number of nitrogens with two attached hydrogens (primary N) is 1. The van der Waals surface area contributed by atoms with Gasteiger partial charge in [0, 0.05) is 5.69 Å². The number of hydrogen-bond acceptors (Lipinski definition) is 5. The number of carbonyl (C=O) groups excluding carboxylic acids is 1. The van der Waals surface area contributed by atoms with Crippen molar-refractivity contribution >= 4 is 21.8 Å². The van der Waals surface area contributed by atoms with Gasteiger partial charge in [0.15, 0.2) is 0 Å². The second-order valence-electron chi connectivity index (χ2n) is 4.46. The van der Waals surface area contributed by atoms with E-state index in [2.05, 4.69) is 5.32 Å². The van der Waals surface area contributed by atoms with E-state index in [0.29, 0.717) is 18.0 Å². The molecule has 0 saturated heterocycles. The van der Waals surface area contributed by atoms with E-state index < -0.39 is 16.1 Å². The molecular formula is C15H16N2O5S. The summed E-state index contributed by atoms with van der Waals surface area (Å²) in [7, 11) is -3.95. The van der Waals surface area contributed by atoms with Gasteiger partial charge >= 0.3 is 16.1 Å². The molecule has 2 aromatic rings. The Kier molecular flexibility index (Phi) is 5.07. The average molecular weight is 336 g/mol. The second kappa shape index (κ2) is 7.01. The Morgan fingerprint density at radius 3 is 2.13 bits per heavy atom. The van der Waals surface area contributed by atoms with Crippen molar-refractivity contribution in [2.75, 3.05) is 11.9 Å². The van der Waals surface area contributed by atoms with E-state index in [0.717, 1.165) is 0 Å². The standard InChI is InChI=1S/C15H16N2O5S/c1-2-21-12-7-9-14(10-8-12)23(19,20)22-13-5-3-11(4-6-13)17-15(16)18/h3-10H,2H2,1H3,(H3,16,17,18). The minimum atomic E-state index is -3.95. The van der Waals surface area contributed by atoms with Gasteiger partial charge in [-0.2, -0.15) is 8.42 Å². The minimum Gasteiger partial charge on any atom is -0.494 e. The fourth-order valence-corrected chi connectivity index (χ4v) is 2.71.